The summed E-state index contributed by atoms with van der Waals surface area (Å²) in [5.74, 6) is -2.11. The van der Waals surface area contributed by atoms with Gasteiger partial charge in [-0.15, -0.1) is 0 Å². The van der Waals surface area contributed by atoms with Gasteiger partial charge in [0.15, 0.2) is 11.6 Å². The predicted molar refractivity (Wildman–Crippen MR) is 137 cm³/mol. The van der Waals surface area contributed by atoms with Gasteiger partial charge in [-0.2, -0.15) is 0 Å². The number of rotatable bonds is 12. The minimum Gasteiger partial charge on any atom is -0.488 e. The quantitative estimate of drug-likeness (QED) is 0.378. The van der Waals surface area contributed by atoms with Crippen LogP contribution in [0.3, 0.4) is 0 Å². The summed E-state index contributed by atoms with van der Waals surface area (Å²) in [6, 6.07) is 4.74. The highest BCUT2D eigenvalue weighted by Gasteiger charge is 2.40. The van der Waals surface area contributed by atoms with Gasteiger partial charge in [0.2, 0.25) is 0 Å². The fraction of sp³-hybridized carbons (Fsp3) is 0.571. The number of carbonyl (C=O) groups is 1. The Balaban J connectivity index is 1.25. The highest BCUT2D eigenvalue weighted by molar-refractivity contribution is 5.77. The molecule has 2 aromatic rings. The zero-order valence-electron chi connectivity index (χ0n) is 21.8. The number of likely N-dealkylation sites (N-methyl/N-ethyl adjacent to an activating group) is 1. The SMILES string of the molecule is CC(C)Oc1c(F)cc(F)cc1[C@@H](C(=O)O)N(C)C1CC(OCCCCc2ccc3c(n2)NCCC3)C1. The van der Waals surface area contributed by atoms with Gasteiger partial charge in [0.25, 0.3) is 0 Å². The normalized spacial score (nSPS) is 19.8. The predicted octanol–water partition coefficient (Wildman–Crippen LogP) is 5.13. The second kappa shape index (κ2) is 12.2. The van der Waals surface area contributed by atoms with Crippen LogP contribution in [-0.2, 0) is 22.4 Å². The maximum Gasteiger partial charge on any atom is 0.325 e. The highest BCUT2D eigenvalue weighted by atomic mass is 19.1. The van der Waals surface area contributed by atoms with E-state index in [1.54, 1.807) is 25.8 Å². The van der Waals surface area contributed by atoms with Gasteiger partial charge in [0, 0.05) is 36.5 Å². The molecule has 0 spiro atoms. The molecule has 37 heavy (non-hydrogen) atoms. The Hall–Kier alpha value is -2.78. The van der Waals surface area contributed by atoms with Crippen molar-refractivity contribution in [3.63, 3.8) is 0 Å². The number of halogens is 2. The van der Waals surface area contributed by atoms with Crippen LogP contribution in [0, 0.1) is 11.6 Å². The number of carboxylic acid groups (broad SMARTS) is 1. The third-order valence-electron chi connectivity index (χ3n) is 7.10. The molecule has 0 saturated heterocycles. The van der Waals surface area contributed by atoms with E-state index in [0.29, 0.717) is 25.5 Å². The molecule has 1 aromatic heterocycles. The largest absolute Gasteiger partial charge is 0.488 e. The van der Waals surface area contributed by atoms with Gasteiger partial charge in [-0.05, 0) is 83.5 Å². The number of pyridine rings is 1. The van der Waals surface area contributed by atoms with Crippen molar-refractivity contribution in [3.8, 4) is 5.75 Å². The summed E-state index contributed by atoms with van der Waals surface area (Å²) in [6.07, 6.45) is 6.01. The number of hydrogen-bond donors (Lipinski definition) is 2. The topological polar surface area (TPSA) is 83.9 Å². The molecule has 1 aliphatic heterocycles. The van der Waals surface area contributed by atoms with Crippen LogP contribution < -0.4 is 10.1 Å². The van der Waals surface area contributed by atoms with E-state index in [2.05, 4.69) is 17.4 Å². The Bertz CT molecular complexity index is 1090. The average Bonchev–Trinajstić information content (AvgIpc) is 2.81. The fourth-order valence-electron chi connectivity index (χ4n) is 5.05. The van der Waals surface area contributed by atoms with Gasteiger partial charge in [-0.3, -0.25) is 9.69 Å². The first kappa shape index (κ1) is 27.3. The molecule has 1 saturated carbocycles. The molecular weight excluding hydrogens is 480 g/mol. The number of carboxylic acids is 1. The monoisotopic (exact) mass is 517 g/mol. The van der Waals surface area contributed by atoms with Crippen molar-refractivity contribution in [3.05, 3.63) is 52.7 Å². The lowest BCUT2D eigenvalue weighted by molar-refractivity contribution is -0.146. The average molecular weight is 518 g/mol. The van der Waals surface area contributed by atoms with Gasteiger partial charge in [0.05, 0.1) is 12.2 Å². The smallest absolute Gasteiger partial charge is 0.325 e. The molecule has 1 atom stereocenters. The molecule has 1 aromatic carbocycles. The summed E-state index contributed by atoms with van der Waals surface area (Å²) in [4.78, 5) is 18.6. The molecule has 0 unspecified atom stereocenters. The summed E-state index contributed by atoms with van der Waals surface area (Å²) in [5, 5.41) is 13.3. The minimum atomic E-state index is -1.23. The van der Waals surface area contributed by atoms with Crippen LogP contribution in [0.2, 0.25) is 0 Å². The van der Waals surface area contributed by atoms with E-state index in [1.165, 1.54) is 5.56 Å². The Morgan fingerprint density at radius 1 is 1.24 bits per heavy atom. The van der Waals surface area contributed by atoms with Crippen LogP contribution in [0.25, 0.3) is 0 Å². The van der Waals surface area contributed by atoms with Crippen molar-refractivity contribution >= 4 is 11.8 Å². The number of hydrogen-bond acceptors (Lipinski definition) is 6. The zero-order chi connectivity index (χ0) is 26.5. The van der Waals surface area contributed by atoms with E-state index in [1.807, 2.05) is 0 Å². The Labute approximate surface area is 217 Å². The molecule has 4 rings (SSSR count). The lowest BCUT2D eigenvalue weighted by Gasteiger charge is -2.43. The van der Waals surface area contributed by atoms with Crippen LogP contribution >= 0.6 is 0 Å². The number of fused-ring (bicyclic) bond motifs is 1. The van der Waals surface area contributed by atoms with E-state index in [-0.39, 0.29) is 29.6 Å². The van der Waals surface area contributed by atoms with Gasteiger partial charge >= 0.3 is 5.97 Å². The Morgan fingerprint density at radius 3 is 2.76 bits per heavy atom. The molecular formula is C28H37F2N3O4. The van der Waals surface area contributed by atoms with E-state index < -0.39 is 23.6 Å². The van der Waals surface area contributed by atoms with Crippen molar-refractivity contribution < 1.29 is 28.2 Å². The van der Waals surface area contributed by atoms with Gasteiger partial charge < -0.3 is 19.9 Å². The molecule has 202 valence electrons. The number of nitrogens with one attached hydrogen (secondary N) is 1. The Morgan fingerprint density at radius 2 is 2.03 bits per heavy atom. The van der Waals surface area contributed by atoms with Gasteiger partial charge in [-0.1, -0.05) is 6.07 Å². The van der Waals surface area contributed by atoms with Crippen LogP contribution in [-0.4, -0.2) is 59.4 Å². The number of benzene rings is 1. The number of unbranched alkanes of at least 4 members (excludes halogenated alkanes) is 1. The summed E-state index contributed by atoms with van der Waals surface area (Å²) in [5.41, 5.74) is 2.36. The number of aliphatic carboxylic acids is 1. The third-order valence-corrected chi connectivity index (χ3v) is 7.10. The summed E-state index contributed by atoms with van der Waals surface area (Å²) in [6.45, 7) is 5.03. The maximum absolute atomic E-state index is 14.5. The lowest BCUT2D eigenvalue weighted by atomic mass is 9.86. The number of ether oxygens (including phenoxy) is 2. The first-order valence-corrected chi connectivity index (χ1v) is 13.2. The van der Waals surface area contributed by atoms with Crippen molar-refractivity contribution in [1.82, 2.24) is 9.88 Å². The van der Waals surface area contributed by atoms with Crippen LogP contribution in [0.15, 0.2) is 24.3 Å². The van der Waals surface area contributed by atoms with Crippen molar-refractivity contribution in [1.29, 1.82) is 0 Å². The zero-order valence-corrected chi connectivity index (χ0v) is 21.8. The lowest BCUT2D eigenvalue weighted by Crippen LogP contribution is -2.49. The van der Waals surface area contributed by atoms with E-state index >= 15 is 0 Å². The molecule has 0 radical (unpaired) electrons. The van der Waals surface area contributed by atoms with Crippen LogP contribution in [0.1, 0.15) is 68.8 Å². The fourth-order valence-corrected chi connectivity index (χ4v) is 5.05. The molecule has 9 heteroatoms. The second-order valence-electron chi connectivity index (χ2n) is 10.3. The maximum atomic E-state index is 14.5. The van der Waals surface area contributed by atoms with Crippen molar-refractivity contribution in [2.45, 2.75) is 83.1 Å². The van der Waals surface area contributed by atoms with Gasteiger partial charge in [0.1, 0.15) is 17.7 Å². The summed E-state index contributed by atoms with van der Waals surface area (Å²) < 4.78 is 40.1. The number of aryl methyl sites for hydroxylation is 2. The molecule has 2 aliphatic rings. The van der Waals surface area contributed by atoms with E-state index in [9.17, 15) is 18.7 Å². The van der Waals surface area contributed by atoms with E-state index in [4.69, 9.17) is 14.5 Å². The first-order chi connectivity index (χ1) is 17.7. The highest BCUT2D eigenvalue weighted by Crippen LogP contribution is 2.38. The molecule has 2 heterocycles. The number of nitrogens with zero attached hydrogens (tertiary/aromatic N) is 2. The van der Waals surface area contributed by atoms with E-state index in [0.717, 1.165) is 56.2 Å². The van der Waals surface area contributed by atoms with Crippen molar-refractivity contribution in [2.24, 2.45) is 0 Å². The molecule has 0 amide bonds. The molecule has 1 fully saturated rings. The van der Waals surface area contributed by atoms with Crippen molar-refractivity contribution in [2.75, 3.05) is 25.5 Å². The van der Waals surface area contributed by atoms with Crippen LogP contribution in [0.4, 0.5) is 14.6 Å². The second-order valence-corrected chi connectivity index (χ2v) is 10.3. The number of anilines is 1. The standard InChI is InChI=1S/C28H37F2N3O4/c1-17(2)37-26-23(13-19(29)14-24(26)30)25(28(34)35)33(3)21-15-22(16-21)36-12-5-4-8-20-10-9-18-7-6-11-31-27(18)32-20/h9-10,13-14,17,21-22,25H,4-8,11-12,15-16H2,1-3H3,(H,31,32)(H,34,35)/t21?,22?,25-/m0/s1. The summed E-state index contributed by atoms with van der Waals surface area (Å²) >= 11 is 0. The molecule has 0 bridgehead atoms. The Kier molecular flexibility index (Phi) is 8.97. The summed E-state index contributed by atoms with van der Waals surface area (Å²) in [7, 11) is 1.67. The minimum absolute atomic E-state index is 0.0171. The number of aromatic nitrogens is 1. The van der Waals surface area contributed by atoms with Crippen LogP contribution in [0.5, 0.6) is 5.75 Å². The third kappa shape index (κ3) is 6.76. The molecule has 1 aliphatic carbocycles. The van der Waals surface area contributed by atoms with Gasteiger partial charge in [-0.25, -0.2) is 13.8 Å². The molecule has 7 nitrogen and oxygen atoms in total. The first-order valence-electron chi connectivity index (χ1n) is 13.2. The molecule has 2 N–H and O–H groups in total.